The van der Waals surface area contributed by atoms with Gasteiger partial charge < -0.3 is 0 Å². The molecule has 0 aliphatic rings. The van der Waals surface area contributed by atoms with Gasteiger partial charge in [0.15, 0.2) is 0 Å². The Morgan fingerprint density at radius 1 is 1.58 bits per heavy atom. The van der Waals surface area contributed by atoms with Crippen molar-refractivity contribution in [2.75, 3.05) is 5.75 Å². The highest BCUT2D eigenvalue weighted by Crippen LogP contribution is 2.23. The molecule has 0 bridgehead atoms. The molecule has 0 N–H and O–H groups in total. The highest BCUT2D eigenvalue weighted by molar-refractivity contribution is 7.99. The molecule has 1 rings (SSSR count). The Morgan fingerprint density at radius 2 is 2.33 bits per heavy atom. The molecule has 0 amide bonds. The molecule has 0 saturated heterocycles. The molecular weight excluding hydrogens is 190 g/mol. The van der Waals surface area contributed by atoms with Crippen molar-refractivity contribution < 1.29 is 0 Å². The van der Waals surface area contributed by atoms with Gasteiger partial charge in [-0.15, -0.1) is 11.8 Å². The van der Waals surface area contributed by atoms with E-state index in [1.165, 1.54) is 11.8 Å². The summed E-state index contributed by atoms with van der Waals surface area (Å²) in [6, 6.07) is 7.86. The van der Waals surface area contributed by atoms with Crippen molar-refractivity contribution in [3.05, 3.63) is 28.8 Å². The van der Waals surface area contributed by atoms with Crippen LogP contribution in [0, 0.1) is 18.3 Å². The minimum atomic E-state index is 0.487. The van der Waals surface area contributed by atoms with Crippen LogP contribution in [0.1, 0.15) is 5.56 Å². The fraction of sp³-hybridized carbons (Fsp3) is 0.222. The van der Waals surface area contributed by atoms with E-state index in [1.54, 1.807) is 0 Å². The highest BCUT2D eigenvalue weighted by Gasteiger charge is 1.97. The molecule has 0 aliphatic carbocycles. The first-order valence-electron chi connectivity index (χ1n) is 3.50. The fourth-order valence-electron chi connectivity index (χ4n) is 0.823. The first kappa shape index (κ1) is 9.44. The summed E-state index contributed by atoms with van der Waals surface area (Å²) in [4.78, 5) is 1.10. The topological polar surface area (TPSA) is 23.8 Å². The van der Waals surface area contributed by atoms with Crippen LogP contribution in [-0.2, 0) is 0 Å². The predicted molar refractivity (Wildman–Crippen MR) is 52.5 cm³/mol. The van der Waals surface area contributed by atoms with Gasteiger partial charge >= 0.3 is 0 Å². The van der Waals surface area contributed by atoms with Crippen LogP contribution >= 0.6 is 23.4 Å². The Hall–Kier alpha value is -0.650. The van der Waals surface area contributed by atoms with E-state index < -0.39 is 0 Å². The summed E-state index contributed by atoms with van der Waals surface area (Å²) in [6.07, 6.45) is 0. The van der Waals surface area contributed by atoms with Gasteiger partial charge in [0.2, 0.25) is 0 Å². The van der Waals surface area contributed by atoms with Crippen molar-refractivity contribution in [1.29, 1.82) is 5.26 Å². The standard InChI is InChI=1S/C9H8ClNS/c1-7-6-8(12-5-4-11)2-3-9(7)10/h2-3,6H,5H2,1H3. The summed E-state index contributed by atoms with van der Waals surface area (Å²) < 4.78 is 0. The van der Waals surface area contributed by atoms with Crippen molar-refractivity contribution in [2.45, 2.75) is 11.8 Å². The SMILES string of the molecule is Cc1cc(SCC#N)ccc1Cl. The molecule has 12 heavy (non-hydrogen) atoms. The van der Waals surface area contributed by atoms with E-state index in [0.29, 0.717) is 5.75 Å². The van der Waals surface area contributed by atoms with Crippen LogP contribution in [0.5, 0.6) is 0 Å². The van der Waals surface area contributed by atoms with Crippen LogP contribution in [0.15, 0.2) is 23.1 Å². The van der Waals surface area contributed by atoms with Gasteiger partial charge in [0.05, 0.1) is 11.8 Å². The van der Waals surface area contributed by atoms with Crippen LogP contribution in [0.2, 0.25) is 5.02 Å². The van der Waals surface area contributed by atoms with E-state index in [1.807, 2.05) is 25.1 Å². The molecule has 0 spiro atoms. The summed E-state index contributed by atoms with van der Waals surface area (Å²) in [5.74, 6) is 0.487. The summed E-state index contributed by atoms with van der Waals surface area (Å²) in [5, 5.41) is 9.13. The van der Waals surface area contributed by atoms with E-state index in [9.17, 15) is 0 Å². The van der Waals surface area contributed by atoms with Gasteiger partial charge in [-0.3, -0.25) is 0 Å². The monoisotopic (exact) mass is 197 g/mol. The molecule has 0 unspecified atom stereocenters. The lowest BCUT2D eigenvalue weighted by Gasteiger charge is -2.00. The molecule has 1 nitrogen and oxygen atoms in total. The zero-order valence-electron chi connectivity index (χ0n) is 6.67. The fourth-order valence-corrected chi connectivity index (χ4v) is 1.60. The van der Waals surface area contributed by atoms with Crippen LogP contribution in [-0.4, -0.2) is 5.75 Å². The Labute approximate surface area is 81.3 Å². The molecule has 3 heteroatoms. The number of nitriles is 1. The molecule has 1 aromatic rings. The van der Waals surface area contributed by atoms with E-state index in [-0.39, 0.29) is 0 Å². The molecule has 62 valence electrons. The highest BCUT2D eigenvalue weighted by atomic mass is 35.5. The Bertz CT molecular complexity index is 317. The maximum atomic E-state index is 8.35. The predicted octanol–water partition coefficient (Wildman–Crippen LogP) is 3.26. The second-order valence-corrected chi connectivity index (χ2v) is 3.81. The van der Waals surface area contributed by atoms with Gasteiger partial charge in [0.25, 0.3) is 0 Å². The molecule has 0 radical (unpaired) electrons. The average molecular weight is 198 g/mol. The van der Waals surface area contributed by atoms with Crippen molar-refractivity contribution in [3.63, 3.8) is 0 Å². The van der Waals surface area contributed by atoms with E-state index in [2.05, 4.69) is 6.07 Å². The molecule has 0 fully saturated rings. The van der Waals surface area contributed by atoms with Crippen LogP contribution in [0.25, 0.3) is 0 Å². The summed E-state index contributed by atoms with van der Waals surface area (Å²) in [5.41, 5.74) is 1.06. The number of hydrogen-bond donors (Lipinski definition) is 0. The number of rotatable bonds is 2. The van der Waals surface area contributed by atoms with Crippen molar-refractivity contribution in [1.82, 2.24) is 0 Å². The molecule has 0 aromatic heterocycles. The second kappa shape index (κ2) is 4.39. The number of hydrogen-bond acceptors (Lipinski definition) is 2. The summed E-state index contributed by atoms with van der Waals surface area (Å²) >= 11 is 7.36. The van der Waals surface area contributed by atoms with Gasteiger partial charge in [0, 0.05) is 9.92 Å². The maximum Gasteiger partial charge on any atom is 0.0855 e. The number of nitrogens with zero attached hydrogens (tertiary/aromatic N) is 1. The van der Waals surface area contributed by atoms with Crippen LogP contribution < -0.4 is 0 Å². The second-order valence-electron chi connectivity index (χ2n) is 2.36. The average Bonchev–Trinajstić information content (AvgIpc) is 2.07. The summed E-state index contributed by atoms with van der Waals surface area (Å²) in [6.45, 7) is 1.96. The van der Waals surface area contributed by atoms with Crippen LogP contribution in [0.3, 0.4) is 0 Å². The smallest absolute Gasteiger partial charge is 0.0855 e. The van der Waals surface area contributed by atoms with E-state index >= 15 is 0 Å². The lowest BCUT2D eigenvalue weighted by atomic mass is 10.2. The normalized spacial score (nSPS) is 9.42. The quantitative estimate of drug-likeness (QED) is 0.680. The zero-order chi connectivity index (χ0) is 8.97. The van der Waals surface area contributed by atoms with Gasteiger partial charge in [0.1, 0.15) is 0 Å². The number of aryl methyl sites for hydroxylation is 1. The maximum absolute atomic E-state index is 8.35. The third kappa shape index (κ3) is 2.44. The molecule has 0 aliphatic heterocycles. The van der Waals surface area contributed by atoms with Gasteiger partial charge in [-0.25, -0.2) is 0 Å². The zero-order valence-corrected chi connectivity index (χ0v) is 8.25. The van der Waals surface area contributed by atoms with Gasteiger partial charge in [-0.2, -0.15) is 5.26 Å². The molecule has 0 atom stereocenters. The van der Waals surface area contributed by atoms with Crippen molar-refractivity contribution in [2.24, 2.45) is 0 Å². The molecular formula is C9H8ClNS. The molecule has 1 aromatic carbocycles. The first-order valence-corrected chi connectivity index (χ1v) is 4.86. The molecule has 0 heterocycles. The number of halogens is 1. The largest absolute Gasteiger partial charge is 0.197 e. The minimum absolute atomic E-state index is 0.487. The number of benzene rings is 1. The Balaban J connectivity index is 2.77. The number of thioether (sulfide) groups is 1. The minimum Gasteiger partial charge on any atom is -0.197 e. The van der Waals surface area contributed by atoms with Crippen LogP contribution in [0.4, 0.5) is 0 Å². The van der Waals surface area contributed by atoms with E-state index in [0.717, 1.165) is 15.5 Å². The van der Waals surface area contributed by atoms with Gasteiger partial charge in [-0.05, 0) is 30.7 Å². The molecule has 0 saturated carbocycles. The van der Waals surface area contributed by atoms with Crippen molar-refractivity contribution in [3.8, 4) is 6.07 Å². The Morgan fingerprint density at radius 3 is 2.92 bits per heavy atom. The lowest BCUT2D eigenvalue weighted by molar-refractivity contribution is 1.36. The van der Waals surface area contributed by atoms with E-state index in [4.69, 9.17) is 16.9 Å². The van der Waals surface area contributed by atoms with Crippen molar-refractivity contribution >= 4 is 23.4 Å². The lowest BCUT2D eigenvalue weighted by Crippen LogP contribution is -1.78. The first-order chi connectivity index (χ1) is 5.74. The summed E-state index contributed by atoms with van der Waals surface area (Å²) in [7, 11) is 0. The third-order valence-electron chi connectivity index (χ3n) is 1.43. The third-order valence-corrected chi connectivity index (χ3v) is 2.72. The Kier molecular flexibility index (Phi) is 3.46. The van der Waals surface area contributed by atoms with Gasteiger partial charge in [-0.1, -0.05) is 11.6 Å².